The van der Waals surface area contributed by atoms with Crippen LogP contribution in [0.5, 0.6) is 0 Å². The summed E-state index contributed by atoms with van der Waals surface area (Å²) in [6, 6.07) is 1.87. The van der Waals surface area contributed by atoms with Crippen LogP contribution in [-0.2, 0) is 11.2 Å². The molecule has 0 bridgehead atoms. The van der Waals surface area contributed by atoms with E-state index in [0.29, 0.717) is 6.54 Å². The molecule has 1 atom stereocenters. The minimum absolute atomic E-state index is 0.0913. The summed E-state index contributed by atoms with van der Waals surface area (Å²) in [5, 5.41) is 7.87. The second kappa shape index (κ2) is 4.79. The predicted molar refractivity (Wildman–Crippen MR) is 74.3 cm³/mol. The molecule has 2 aromatic heterocycles. The number of amides is 1. The number of hydrogen-bond donors (Lipinski definition) is 1. The summed E-state index contributed by atoms with van der Waals surface area (Å²) in [7, 11) is 1.83. The van der Waals surface area contributed by atoms with Crippen LogP contribution in [0.2, 0.25) is 0 Å². The van der Waals surface area contributed by atoms with E-state index in [4.69, 9.17) is 0 Å². The molecule has 18 heavy (non-hydrogen) atoms. The van der Waals surface area contributed by atoms with Gasteiger partial charge >= 0.3 is 0 Å². The average Bonchev–Trinajstić information content (AvgIpc) is 3.01. The third-order valence-corrected chi connectivity index (χ3v) is 4.92. The summed E-state index contributed by atoms with van der Waals surface area (Å²) in [4.78, 5) is 19.8. The summed E-state index contributed by atoms with van der Waals surface area (Å²) in [6.45, 7) is 0.703. The lowest BCUT2D eigenvalue weighted by Crippen LogP contribution is -2.38. The number of aromatic nitrogens is 1. The maximum Gasteiger partial charge on any atom is 0.251 e. The Labute approximate surface area is 113 Å². The largest absolute Gasteiger partial charge is 0.305 e. The first kappa shape index (κ1) is 11.8. The summed E-state index contributed by atoms with van der Waals surface area (Å²) in [5.74, 6) is 0.0913. The van der Waals surface area contributed by atoms with Gasteiger partial charge in [0, 0.05) is 23.0 Å². The minimum Gasteiger partial charge on any atom is -0.305 e. The molecule has 1 N–H and O–H groups in total. The van der Waals surface area contributed by atoms with E-state index in [1.54, 1.807) is 22.4 Å². The topological polar surface area (TPSA) is 45.2 Å². The van der Waals surface area contributed by atoms with Crippen molar-refractivity contribution in [2.45, 2.75) is 12.5 Å². The lowest BCUT2D eigenvalue weighted by atomic mass is 10.1. The van der Waals surface area contributed by atoms with Crippen molar-refractivity contribution in [1.29, 1.82) is 0 Å². The maximum atomic E-state index is 12.6. The smallest absolute Gasteiger partial charge is 0.251 e. The van der Waals surface area contributed by atoms with E-state index in [2.05, 4.69) is 21.7 Å². The number of thiophene rings is 1. The average molecular weight is 279 g/mol. The van der Waals surface area contributed by atoms with Crippen molar-refractivity contribution < 1.29 is 4.79 Å². The van der Waals surface area contributed by atoms with Crippen LogP contribution in [0.4, 0.5) is 5.13 Å². The van der Waals surface area contributed by atoms with Crippen LogP contribution >= 0.6 is 22.7 Å². The van der Waals surface area contributed by atoms with Crippen molar-refractivity contribution >= 4 is 33.7 Å². The van der Waals surface area contributed by atoms with Crippen molar-refractivity contribution in [3.63, 3.8) is 0 Å². The van der Waals surface area contributed by atoms with Gasteiger partial charge in [0.1, 0.15) is 6.04 Å². The van der Waals surface area contributed by atoms with Crippen LogP contribution in [0.1, 0.15) is 16.5 Å². The Morgan fingerprint density at radius 2 is 2.33 bits per heavy atom. The molecule has 3 heterocycles. The Balaban J connectivity index is 1.99. The van der Waals surface area contributed by atoms with Gasteiger partial charge in [0.05, 0.1) is 0 Å². The van der Waals surface area contributed by atoms with Crippen molar-refractivity contribution in [2.24, 2.45) is 0 Å². The van der Waals surface area contributed by atoms with E-state index in [1.165, 1.54) is 16.9 Å². The number of nitrogens with zero attached hydrogens (tertiary/aromatic N) is 2. The van der Waals surface area contributed by atoms with E-state index >= 15 is 0 Å². The summed E-state index contributed by atoms with van der Waals surface area (Å²) in [6.07, 6.45) is 2.63. The quantitative estimate of drug-likeness (QED) is 0.915. The Morgan fingerprint density at radius 1 is 1.44 bits per heavy atom. The van der Waals surface area contributed by atoms with Crippen LogP contribution in [-0.4, -0.2) is 24.5 Å². The Kier molecular flexibility index (Phi) is 3.15. The lowest BCUT2D eigenvalue weighted by molar-refractivity contribution is -0.120. The van der Waals surface area contributed by atoms with Gasteiger partial charge in [0.25, 0.3) is 5.91 Å². The SMILES string of the molecule is CNC1C(=O)N(c2nccs2)CCc2ccsc21. The van der Waals surface area contributed by atoms with Gasteiger partial charge in [-0.15, -0.1) is 22.7 Å². The Hall–Kier alpha value is -1.24. The van der Waals surface area contributed by atoms with Crippen LogP contribution in [0, 0.1) is 0 Å². The van der Waals surface area contributed by atoms with E-state index in [0.717, 1.165) is 16.4 Å². The minimum atomic E-state index is -0.244. The van der Waals surface area contributed by atoms with Gasteiger partial charge < -0.3 is 5.32 Å². The first-order valence-electron chi connectivity index (χ1n) is 5.75. The lowest BCUT2D eigenvalue weighted by Gasteiger charge is -2.21. The molecule has 1 aliphatic rings. The molecule has 0 spiro atoms. The van der Waals surface area contributed by atoms with Gasteiger partial charge in [-0.2, -0.15) is 0 Å². The number of anilines is 1. The monoisotopic (exact) mass is 279 g/mol. The van der Waals surface area contributed by atoms with E-state index < -0.39 is 0 Å². The molecule has 3 rings (SSSR count). The highest BCUT2D eigenvalue weighted by Crippen LogP contribution is 2.32. The first-order valence-corrected chi connectivity index (χ1v) is 7.51. The number of carbonyl (C=O) groups is 1. The predicted octanol–water partition coefficient (Wildman–Crippen LogP) is 2.05. The van der Waals surface area contributed by atoms with Gasteiger partial charge in [-0.3, -0.25) is 9.69 Å². The standard InChI is InChI=1S/C12H13N3OS2/c1-13-9-10-8(3-6-17-10)2-5-15(11(9)16)12-14-4-7-18-12/h3-4,6-7,9,13H,2,5H2,1H3. The van der Waals surface area contributed by atoms with Gasteiger partial charge in [-0.1, -0.05) is 0 Å². The molecule has 0 saturated carbocycles. The van der Waals surface area contributed by atoms with Crippen molar-refractivity contribution in [3.8, 4) is 0 Å². The molecule has 6 heteroatoms. The highest BCUT2D eigenvalue weighted by Gasteiger charge is 2.32. The highest BCUT2D eigenvalue weighted by atomic mass is 32.1. The van der Waals surface area contributed by atoms with Gasteiger partial charge in [-0.05, 0) is 30.5 Å². The molecule has 1 aliphatic heterocycles. The van der Waals surface area contributed by atoms with Crippen LogP contribution < -0.4 is 10.2 Å². The van der Waals surface area contributed by atoms with E-state index in [-0.39, 0.29) is 11.9 Å². The number of likely N-dealkylation sites (N-methyl/N-ethyl adjacent to an activating group) is 1. The van der Waals surface area contributed by atoms with Gasteiger partial charge in [-0.25, -0.2) is 4.98 Å². The summed E-state index contributed by atoms with van der Waals surface area (Å²) in [5.41, 5.74) is 1.27. The molecule has 94 valence electrons. The van der Waals surface area contributed by atoms with Crippen molar-refractivity contribution in [2.75, 3.05) is 18.5 Å². The molecule has 4 nitrogen and oxygen atoms in total. The molecular formula is C12H13N3OS2. The Morgan fingerprint density at radius 3 is 3.06 bits per heavy atom. The zero-order chi connectivity index (χ0) is 12.5. The molecule has 2 aromatic rings. The molecule has 0 radical (unpaired) electrons. The number of hydrogen-bond acceptors (Lipinski definition) is 5. The van der Waals surface area contributed by atoms with Crippen LogP contribution in [0.15, 0.2) is 23.0 Å². The highest BCUT2D eigenvalue weighted by molar-refractivity contribution is 7.13. The maximum absolute atomic E-state index is 12.6. The summed E-state index contributed by atoms with van der Waals surface area (Å²) < 4.78 is 0. The number of carbonyl (C=O) groups excluding carboxylic acids is 1. The van der Waals surface area contributed by atoms with E-state index in [9.17, 15) is 4.79 Å². The molecule has 0 aliphatic carbocycles. The molecule has 0 saturated heterocycles. The first-order chi connectivity index (χ1) is 8.81. The molecule has 0 aromatic carbocycles. The number of rotatable bonds is 2. The number of thiazole rings is 1. The fourth-order valence-electron chi connectivity index (χ4n) is 2.21. The van der Waals surface area contributed by atoms with E-state index in [1.807, 2.05) is 12.4 Å². The second-order valence-corrected chi connectivity index (χ2v) is 5.91. The molecule has 1 amide bonds. The fourth-order valence-corrected chi connectivity index (χ4v) is 3.94. The Bertz CT molecular complexity index is 549. The molecule has 0 fully saturated rings. The summed E-state index contributed by atoms with van der Waals surface area (Å²) >= 11 is 3.15. The number of fused-ring (bicyclic) bond motifs is 1. The van der Waals surface area contributed by atoms with Gasteiger partial charge in [0.15, 0.2) is 5.13 Å². The zero-order valence-electron chi connectivity index (χ0n) is 9.92. The molecule has 1 unspecified atom stereocenters. The van der Waals surface area contributed by atoms with Crippen molar-refractivity contribution in [1.82, 2.24) is 10.3 Å². The van der Waals surface area contributed by atoms with Gasteiger partial charge in [0.2, 0.25) is 0 Å². The number of nitrogens with one attached hydrogen (secondary N) is 1. The fraction of sp³-hybridized carbons (Fsp3) is 0.333. The second-order valence-electron chi connectivity index (χ2n) is 4.09. The van der Waals surface area contributed by atoms with Crippen LogP contribution in [0.25, 0.3) is 0 Å². The molecular weight excluding hydrogens is 266 g/mol. The van der Waals surface area contributed by atoms with Crippen molar-refractivity contribution in [3.05, 3.63) is 33.5 Å². The zero-order valence-corrected chi connectivity index (χ0v) is 11.6. The normalized spacial score (nSPS) is 19.7. The third-order valence-electron chi connectivity index (χ3n) is 3.10. The third kappa shape index (κ3) is 1.86. The van der Waals surface area contributed by atoms with Crippen LogP contribution in [0.3, 0.4) is 0 Å².